The van der Waals surface area contributed by atoms with Crippen molar-refractivity contribution >= 4 is 11.6 Å². The van der Waals surface area contributed by atoms with Crippen molar-refractivity contribution in [1.82, 2.24) is 4.90 Å². The number of carbonyl (C=O) groups excluding carboxylic acids is 1. The van der Waals surface area contributed by atoms with E-state index in [9.17, 15) is 4.79 Å². The molecule has 1 amide bonds. The van der Waals surface area contributed by atoms with Gasteiger partial charge in [-0.15, -0.1) is 0 Å². The SMILES string of the molecule is CCCN(CCC)C(=O)c1ccc(NC)c(C)c1. The molecule has 0 saturated heterocycles. The summed E-state index contributed by atoms with van der Waals surface area (Å²) in [6.45, 7) is 7.89. The van der Waals surface area contributed by atoms with Gasteiger partial charge in [0.05, 0.1) is 0 Å². The van der Waals surface area contributed by atoms with Gasteiger partial charge in [0.15, 0.2) is 0 Å². The molecule has 1 N–H and O–H groups in total. The average Bonchev–Trinajstić information content (AvgIpc) is 2.37. The Balaban J connectivity index is 2.90. The summed E-state index contributed by atoms with van der Waals surface area (Å²) in [5.41, 5.74) is 2.97. The summed E-state index contributed by atoms with van der Waals surface area (Å²) in [7, 11) is 1.89. The maximum absolute atomic E-state index is 12.4. The van der Waals surface area contributed by atoms with E-state index in [2.05, 4.69) is 19.2 Å². The van der Waals surface area contributed by atoms with Gasteiger partial charge in [-0.3, -0.25) is 4.79 Å². The lowest BCUT2D eigenvalue weighted by Gasteiger charge is -2.22. The molecule has 0 unspecified atom stereocenters. The van der Waals surface area contributed by atoms with E-state index in [4.69, 9.17) is 0 Å². The normalized spacial score (nSPS) is 10.2. The zero-order valence-corrected chi connectivity index (χ0v) is 11.9. The fourth-order valence-electron chi connectivity index (χ4n) is 2.11. The summed E-state index contributed by atoms with van der Waals surface area (Å²) in [6, 6.07) is 5.84. The molecule has 0 aromatic heterocycles. The van der Waals surface area contributed by atoms with Gasteiger partial charge in [-0.1, -0.05) is 13.8 Å². The number of rotatable bonds is 6. The van der Waals surface area contributed by atoms with Gasteiger partial charge in [0.25, 0.3) is 5.91 Å². The average molecular weight is 248 g/mol. The van der Waals surface area contributed by atoms with Crippen molar-refractivity contribution < 1.29 is 4.79 Å². The van der Waals surface area contributed by atoms with Crippen LogP contribution in [0.4, 0.5) is 5.69 Å². The van der Waals surface area contributed by atoms with E-state index in [1.54, 1.807) is 0 Å². The number of aryl methyl sites for hydroxylation is 1. The third-order valence-corrected chi connectivity index (χ3v) is 3.02. The van der Waals surface area contributed by atoms with Crippen LogP contribution in [0.25, 0.3) is 0 Å². The molecular weight excluding hydrogens is 224 g/mol. The van der Waals surface area contributed by atoms with E-state index in [-0.39, 0.29) is 5.91 Å². The fourth-order valence-corrected chi connectivity index (χ4v) is 2.11. The largest absolute Gasteiger partial charge is 0.388 e. The molecule has 1 aromatic carbocycles. The summed E-state index contributed by atoms with van der Waals surface area (Å²) in [5, 5.41) is 3.12. The molecule has 100 valence electrons. The van der Waals surface area contributed by atoms with E-state index in [1.807, 2.05) is 37.1 Å². The summed E-state index contributed by atoms with van der Waals surface area (Å²) in [5.74, 6) is 0.143. The van der Waals surface area contributed by atoms with E-state index < -0.39 is 0 Å². The third-order valence-electron chi connectivity index (χ3n) is 3.02. The standard InChI is InChI=1S/C15H24N2O/c1-5-9-17(10-6-2)15(18)13-7-8-14(16-4)12(3)11-13/h7-8,11,16H,5-6,9-10H2,1-4H3. The Bertz CT molecular complexity index is 395. The Morgan fingerprint density at radius 1 is 1.22 bits per heavy atom. The minimum Gasteiger partial charge on any atom is -0.388 e. The number of amides is 1. The van der Waals surface area contributed by atoms with Gasteiger partial charge >= 0.3 is 0 Å². The van der Waals surface area contributed by atoms with Gasteiger partial charge in [-0.05, 0) is 43.5 Å². The number of carbonyl (C=O) groups is 1. The molecule has 1 aromatic rings. The first-order valence-corrected chi connectivity index (χ1v) is 6.71. The zero-order chi connectivity index (χ0) is 13.5. The molecule has 0 heterocycles. The van der Waals surface area contributed by atoms with Crippen LogP contribution in [0.3, 0.4) is 0 Å². The molecular formula is C15H24N2O. The van der Waals surface area contributed by atoms with Gasteiger partial charge < -0.3 is 10.2 Å². The maximum Gasteiger partial charge on any atom is 0.253 e. The molecule has 3 heteroatoms. The quantitative estimate of drug-likeness (QED) is 0.837. The van der Waals surface area contributed by atoms with Crippen LogP contribution < -0.4 is 5.32 Å². The molecule has 0 atom stereocenters. The van der Waals surface area contributed by atoms with E-state index in [1.165, 1.54) is 0 Å². The molecule has 0 bridgehead atoms. The molecule has 18 heavy (non-hydrogen) atoms. The third kappa shape index (κ3) is 3.49. The van der Waals surface area contributed by atoms with Crippen molar-refractivity contribution in [3.05, 3.63) is 29.3 Å². The van der Waals surface area contributed by atoms with Crippen LogP contribution in [0.1, 0.15) is 42.6 Å². The summed E-state index contributed by atoms with van der Waals surface area (Å²) < 4.78 is 0. The number of anilines is 1. The Labute approximate surface area is 110 Å². The Hall–Kier alpha value is -1.51. The first kappa shape index (κ1) is 14.6. The first-order valence-electron chi connectivity index (χ1n) is 6.71. The molecule has 0 fully saturated rings. The first-order chi connectivity index (χ1) is 8.63. The molecule has 0 aliphatic carbocycles. The monoisotopic (exact) mass is 248 g/mol. The number of benzene rings is 1. The van der Waals surface area contributed by atoms with Crippen molar-refractivity contribution in [2.24, 2.45) is 0 Å². The molecule has 1 rings (SSSR count). The van der Waals surface area contributed by atoms with E-state index in [0.29, 0.717) is 0 Å². The van der Waals surface area contributed by atoms with Crippen molar-refractivity contribution in [3.8, 4) is 0 Å². The topological polar surface area (TPSA) is 32.3 Å². The lowest BCUT2D eigenvalue weighted by Crippen LogP contribution is -2.32. The van der Waals surface area contributed by atoms with Gasteiger partial charge in [-0.2, -0.15) is 0 Å². The summed E-state index contributed by atoms with van der Waals surface area (Å²) >= 11 is 0. The number of hydrogen-bond donors (Lipinski definition) is 1. The Kier molecular flexibility index (Phi) is 5.69. The molecule has 3 nitrogen and oxygen atoms in total. The van der Waals surface area contributed by atoms with Crippen molar-refractivity contribution in [3.63, 3.8) is 0 Å². The van der Waals surface area contributed by atoms with E-state index in [0.717, 1.165) is 42.7 Å². The second kappa shape index (κ2) is 7.04. The number of nitrogens with zero attached hydrogens (tertiary/aromatic N) is 1. The van der Waals surface area contributed by atoms with Gasteiger partial charge in [0, 0.05) is 31.4 Å². The maximum atomic E-state index is 12.4. The van der Waals surface area contributed by atoms with Gasteiger partial charge in [-0.25, -0.2) is 0 Å². The van der Waals surface area contributed by atoms with Crippen molar-refractivity contribution in [2.75, 3.05) is 25.5 Å². The molecule has 0 saturated carbocycles. The second-order valence-corrected chi connectivity index (χ2v) is 4.57. The predicted octanol–water partition coefficient (Wildman–Crippen LogP) is 3.30. The lowest BCUT2D eigenvalue weighted by atomic mass is 10.1. The number of nitrogens with one attached hydrogen (secondary N) is 1. The van der Waals surface area contributed by atoms with Gasteiger partial charge in [0.1, 0.15) is 0 Å². The highest BCUT2D eigenvalue weighted by Crippen LogP contribution is 2.17. The van der Waals surface area contributed by atoms with Crippen LogP contribution >= 0.6 is 0 Å². The Morgan fingerprint density at radius 2 is 1.83 bits per heavy atom. The lowest BCUT2D eigenvalue weighted by molar-refractivity contribution is 0.0755. The Morgan fingerprint density at radius 3 is 2.28 bits per heavy atom. The minimum absolute atomic E-state index is 0.143. The van der Waals surface area contributed by atoms with Crippen LogP contribution in [0.15, 0.2) is 18.2 Å². The summed E-state index contributed by atoms with van der Waals surface area (Å²) in [4.78, 5) is 14.3. The minimum atomic E-state index is 0.143. The zero-order valence-electron chi connectivity index (χ0n) is 11.9. The summed E-state index contributed by atoms with van der Waals surface area (Å²) in [6.07, 6.45) is 2.00. The molecule has 0 spiro atoms. The van der Waals surface area contributed by atoms with Crippen LogP contribution in [-0.4, -0.2) is 30.9 Å². The highest BCUT2D eigenvalue weighted by atomic mass is 16.2. The van der Waals surface area contributed by atoms with E-state index >= 15 is 0 Å². The van der Waals surface area contributed by atoms with Crippen LogP contribution in [0.5, 0.6) is 0 Å². The van der Waals surface area contributed by atoms with Crippen LogP contribution in [0, 0.1) is 6.92 Å². The number of hydrogen-bond acceptors (Lipinski definition) is 2. The fraction of sp³-hybridized carbons (Fsp3) is 0.533. The second-order valence-electron chi connectivity index (χ2n) is 4.57. The predicted molar refractivity (Wildman–Crippen MR) is 77.2 cm³/mol. The molecule has 0 aliphatic heterocycles. The highest BCUT2D eigenvalue weighted by Gasteiger charge is 2.14. The van der Waals surface area contributed by atoms with Crippen molar-refractivity contribution in [2.45, 2.75) is 33.6 Å². The van der Waals surface area contributed by atoms with Crippen LogP contribution in [0.2, 0.25) is 0 Å². The van der Waals surface area contributed by atoms with Gasteiger partial charge in [0.2, 0.25) is 0 Å². The molecule has 0 aliphatic rings. The smallest absolute Gasteiger partial charge is 0.253 e. The molecule has 0 radical (unpaired) electrons. The van der Waals surface area contributed by atoms with Crippen molar-refractivity contribution in [1.29, 1.82) is 0 Å². The van der Waals surface area contributed by atoms with Crippen LogP contribution in [-0.2, 0) is 0 Å². The highest BCUT2D eigenvalue weighted by molar-refractivity contribution is 5.95.